The minimum atomic E-state index is -0.802. The first-order valence-electron chi connectivity index (χ1n) is 11.4. The van der Waals surface area contributed by atoms with Gasteiger partial charge >= 0.3 is 5.97 Å². The van der Waals surface area contributed by atoms with Crippen LogP contribution in [0.4, 0.5) is 0 Å². The highest BCUT2D eigenvalue weighted by Gasteiger charge is 2.39. The summed E-state index contributed by atoms with van der Waals surface area (Å²) in [5, 5.41) is 29.4. The fourth-order valence-corrected chi connectivity index (χ4v) is 4.87. The maximum Gasteiger partial charge on any atom is 0.303 e. The fourth-order valence-electron chi connectivity index (χ4n) is 4.87. The third kappa shape index (κ3) is 6.88. The third-order valence-corrected chi connectivity index (χ3v) is 6.61. The van der Waals surface area contributed by atoms with Crippen molar-refractivity contribution in [3.8, 4) is 0 Å². The lowest BCUT2D eigenvalue weighted by atomic mass is 9.89. The number of aliphatic hydroxyl groups excluding tert-OH is 2. The van der Waals surface area contributed by atoms with E-state index in [-0.39, 0.29) is 30.5 Å². The second-order valence-electron chi connectivity index (χ2n) is 8.99. The zero-order valence-electron chi connectivity index (χ0n) is 18.0. The number of Topliss-reactive ketones (excluding diaryl/α,β-unsaturated/α-hetero) is 1. The predicted octanol–water partition coefficient (Wildman–Crippen LogP) is 3.87. The van der Waals surface area contributed by atoms with Crippen LogP contribution in [-0.2, 0) is 22.4 Å². The average Bonchev–Trinajstić information content (AvgIpc) is 3.27. The summed E-state index contributed by atoms with van der Waals surface area (Å²) in [7, 11) is 0. The molecule has 0 aromatic heterocycles. The van der Waals surface area contributed by atoms with Crippen molar-refractivity contribution < 1.29 is 24.9 Å². The molecule has 1 fully saturated rings. The number of hydrogen-bond acceptors (Lipinski definition) is 4. The maximum absolute atomic E-state index is 12.3. The molecule has 0 bridgehead atoms. The van der Waals surface area contributed by atoms with Gasteiger partial charge in [-0.25, -0.2) is 0 Å². The summed E-state index contributed by atoms with van der Waals surface area (Å²) >= 11 is 0. The highest BCUT2D eigenvalue weighted by atomic mass is 16.4. The van der Waals surface area contributed by atoms with Gasteiger partial charge in [0.15, 0.2) is 0 Å². The Balaban J connectivity index is 1.44. The molecule has 168 valence electrons. The summed E-state index contributed by atoms with van der Waals surface area (Å²) in [4.78, 5) is 22.8. The Morgan fingerprint density at radius 1 is 1.13 bits per heavy atom. The molecule has 5 nitrogen and oxygen atoms in total. The molecule has 1 aromatic carbocycles. The van der Waals surface area contributed by atoms with Crippen molar-refractivity contribution >= 4 is 11.8 Å². The summed E-state index contributed by atoms with van der Waals surface area (Å²) in [6.07, 6.45) is 12.0. The van der Waals surface area contributed by atoms with E-state index in [0.717, 1.165) is 19.3 Å². The van der Waals surface area contributed by atoms with Gasteiger partial charge in [-0.1, -0.05) is 48.6 Å². The van der Waals surface area contributed by atoms with Crippen LogP contribution in [0.1, 0.15) is 56.1 Å². The monoisotopic (exact) mass is 426 g/mol. The highest BCUT2D eigenvalue weighted by Crippen LogP contribution is 2.34. The highest BCUT2D eigenvalue weighted by molar-refractivity contribution is 5.84. The fraction of sp³-hybridized carbons (Fsp3) is 0.538. The number of carboxylic acids is 1. The molecule has 2 aliphatic rings. The lowest BCUT2D eigenvalue weighted by Crippen LogP contribution is -2.19. The lowest BCUT2D eigenvalue weighted by Gasteiger charge is -2.17. The van der Waals surface area contributed by atoms with E-state index in [2.05, 4.69) is 24.3 Å². The molecule has 3 N–H and O–H groups in total. The molecule has 0 spiro atoms. The summed E-state index contributed by atoms with van der Waals surface area (Å²) < 4.78 is 0. The van der Waals surface area contributed by atoms with Crippen LogP contribution in [0, 0.1) is 17.8 Å². The summed E-state index contributed by atoms with van der Waals surface area (Å²) in [5.41, 5.74) is 2.84. The van der Waals surface area contributed by atoms with Crippen LogP contribution in [0.5, 0.6) is 0 Å². The van der Waals surface area contributed by atoms with E-state index < -0.39 is 18.2 Å². The Labute approximate surface area is 184 Å². The number of aliphatic carboxylic acids is 1. The van der Waals surface area contributed by atoms with Gasteiger partial charge in [0.25, 0.3) is 0 Å². The number of rotatable bonds is 11. The molecule has 0 unspecified atom stereocenters. The number of benzene rings is 1. The molecule has 3 rings (SSSR count). The molecular weight excluding hydrogens is 392 g/mol. The molecule has 5 heteroatoms. The van der Waals surface area contributed by atoms with E-state index in [4.69, 9.17) is 5.11 Å². The second-order valence-corrected chi connectivity index (χ2v) is 8.99. The number of fused-ring (bicyclic) bond motifs is 1. The van der Waals surface area contributed by atoms with E-state index in [9.17, 15) is 19.8 Å². The number of hydrogen-bond donors (Lipinski definition) is 3. The van der Waals surface area contributed by atoms with Crippen LogP contribution in [0.25, 0.3) is 0 Å². The lowest BCUT2D eigenvalue weighted by molar-refractivity contribution is -0.137. The smallest absolute Gasteiger partial charge is 0.303 e. The van der Waals surface area contributed by atoms with E-state index in [1.165, 1.54) is 11.1 Å². The van der Waals surface area contributed by atoms with Gasteiger partial charge in [0, 0.05) is 24.7 Å². The molecular formula is C26H34O5. The first-order valence-corrected chi connectivity index (χ1v) is 11.4. The number of ketones is 1. The van der Waals surface area contributed by atoms with Gasteiger partial charge in [0.1, 0.15) is 5.78 Å². The van der Waals surface area contributed by atoms with E-state index in [1.807, 2.05) is 18.2 Å². The zero-order valence-corrected chi connectivity index (χ0v) is 18.0. The summed E-state index contributed by atoms with van der Waals surface area (Å²) in [6.45, 7) is 0. The van der Waals surface area contributed by atoms with Gasteiger partial charge in [-0.05, 0) is 62.0 Å². The molecule has 0 radical (unpaired) electrons. The summed E-state index contributed by atoms with van der Waals surface area (Å²) in [6, 6.07) is 8.53. The molecule has 0 heterocycles. The molecule has 2 aliphatic carbocycles. The van der Waals surface area contributed by atoms with Crippen molar-refractivity contribution in [2.24, 2.45) is 17.8 Å². The average molecular weight is 427 g/mol. The normalized spacial score (nSPS) is 25.0. The molecule has 0 aliphatic heterocycles. The molecule has 0 amide bonds. The van der Waals surface area contributed by atoms with Crippen LogP contribution >= 0.6 is 0 Å². The SMILES string of the molecule is O=C(O)CCC/C=C\C[C@H]1C(=O)C[C@@H](O)[C@@H]1/C=C/[C@@H](O)CCC1Cc2ccccc2C1. The second kappa shape index (κ2) is 11.4. The van der Waals surface area contributed by atoms with Gasteiger partial charge in [-0.2, -0.15) is 0 Å². The Hall–Kier alpha value is -2.24. The van der Waals surface area contributed by atoms with Gasteiger partial charge in [-0.15, -0.1) is 0 Å². The molecule has 4 atom stereocenters. The first kappa shape index (κ1) is 23.4. The number of carboxylic acid groups (broad SMARTS) is 1. The number of unbranched alkanes of at least 4 members (excludes halogenated alkanes) is 1. The van der Waals surface area contributed by atoms with E-state index in [0.29, 0.717) is 31.6 Å². The van der Waals surface area contributed by atoms with Gasteiger partial charge in [0.05, 0.1) is 12.2 Å². The Kier molecular flexibility index (Phi) is 8.61. The topological polar surface area (TPSA) is 94.8 Å². The van der Waals surface area contributed by atoms with Gasteiger partial charge in [0.2, 0.25) is 0 Å². The van der Waals surface area contributed by atoms with Gasteiger partial charge in [-0.3, -0.25) is 9.59 Å². The first-order chi connectivity index (χ1) is 14.9. The number of aliphatic hydroxyl groups is 2. The van der Waals surface area contributed by atoms with Crippen LogP contribution < -0.4 is 0 Å². The number of allylic oxidation sites excluding steroid dienone is 2. The van der Waals surface area contributed by atoms with Crippen molar-refractivity contribution in [3.63, 3.8) is 0 Å². The molecule has 0 saturated heterocycles. The van der Waals surface area contributed by atoms with E-state index in [1.54, 1.807) is 6.08 Å². The quantitative estimate of drug-likeness (QED) is 0.369. The van der Waals surface area contributed by atoms with Crippen molar-refractivity contribution in [3.05, 3.63) is 59.7 Å². The van der Waals surface area contributed by atoms with Crippen LogP contribution in [-0.4, -0.2) is 39.3 Å². The van der Waals surface area contributed by atoms with E-state index >= 15 is 0 Å². The van der Waals surface area contributed by atoms with Crippen molar-refractivity contribution in [1.82, 2.24) is 0 Å². The van der Waals surface area contributed by atoms with Crippen molar-refractivity contribution in [1.29, 1.82) is 0 Å². The minimum Gasteiger partial charge on any atom is -0.481 e. The Morgan fingerprint density at radius 2 is 1.84 bits per heavy atom. The van der Waals surface area contributed by atoms with Crippen LogP contribution in [0.15, 0.2) is 48.6 Å². The molecule has 1 saturated carbocycles. The largest absolute Gasteiger partial charge is 0.481 e. The minimum absolute atomic E-state index is 0.0514. The van der Waals surface area contributed by atoms with Crippen molar-refractivity contribution in [2.45, 2.75) is 70.0 Å². The number of carbonyl (C=O) groups is 2. The van der Waals surface area contributed by atoms with Crippen LogP contribution in [0.2, 0.25) is 0 Å². The third-order valence-electron chi connectivity index (χ3n) is 6.61. The summed E-state index contributed by atoms with van der Waals surface area (Å²) in [5.74, 6) is -0.738. The van der Waals surface area contributed by atoms with Crippen LogP contribution in [0.3, 0.4) is 0 Å². The maximum atomic E-state index is 12.3. The van der Waals surface area contributed by atoms with Gasteiger partial charge < -0.3 is 15.3 Å². The van der Waals surface area contributed by atoms with Crippen molar-refractivity contribution in [2.75, 3.05) is 0 Å². The zero-order chi connectivity index (χ0) is 22.2. The standard InChI is InChI=1S/C26H34O5/c27-21(12-11-18-15-19-7-5-6-8-20(19)16-18)13-14-23-22(24(28)17-25(23)29)9-3-1-2-4-10-26(30)31/h1,3,5-8,13-14,18,21-23,25,27,29H,2,4,9-12,15-17H2,(H,30,31)/b3-1-,14-13+/t21-,22+,23+,25+/m0/s1. The number of carbonyl (C=O) groups excluding carboxylic acids is 1. The predicted molar refractivity (Wildman–Crippen MR) is 120 cm³/mol. The molecule has 31 heavy (non-hydrogen) atoms. The molecule has 1 aromatic rings. The Bertz CT molecular complexity index is 787. The Morgan fingerprint density at radius 3 is 2.52 bits per heavy atom.